The number of nitrogens with one attached hydrogen (secondary N) is 2. The summed E-state index contributed by atoms with van der Waals surface area (Å²) >= 11 is 12.6. The van der Waals surface area contributed by atoms with Gasteiger partial charge in [0.2, 0.25) is 0 Å². The number of halogens is 2. The molecule has 4 aromatic rings. The molecule has 0 aliphatic carbocycles. The van der Waals surface area contributed by atoms with Gasteiger partial charge in [0.1, 0.15) is 5.82 Å². The number of carbonyl (C=O) groups is 1. The molecule has 1 aliphatic heterocycles. The third kappa shape index (κ3) is 4.61. The van der Waals surface area contributed by atoms with Crippen LogP contribution in [0.2, 0.25) is 10.0 Å². The van der Waals surface area contributed by atoms with Crippen LogP contribution in [0.4, 0.5) is 11.5 Å². The number of nitrogens with zero attached hydrogens (tertiary/aromatic N) is 2. The summed E-state index contributed by atoms with van der Waals surface area (Å²) in [5, 5.41) is 9.94. The minimum Gasteiger partial charge on any atom is -0.367 e. The van der Waals surface area contributed by atoms with Crippen LogP contribution >= 0.6 is 23.2 Å². The number of carbonyl (C=O) groups excluding carboxylic acids is 1. The molecular formula is C26H22Cl2N4O. The van der Waals surface area contributed by atoms with E-state index < -0.39 is 0 Å². The molecule has 0 bridgehead atoms. The van der Waals surface area contributed by atoms with Crippen molar-refractivity contribution in [2.45, 2.75) is 13.1 Å². The summed E-state index contributed by atoms with van der Waals surface area (Å²) in [6, 6.07) is 21.6. The van der Waals surface area contributed by atoms with Crippen molar-refractivity contribution in [1.29, 1.82) is 0 Å². The Morgan fingerprint density at radius 2 is 1.88 bits per heavy atom. The van der Waals surface area contributed by atoms with Crippen LogP contribution in [-0.2, 0) is 13.1 Å². The van der Waals surface area contributed by atoms with Crippen LogP contribution in [0.1, 0.15) is 21.5 Å². The maximum absolute atomic E-state index is 13.0. The van der Waals surface area contributed by atoms with E-state index in [1.54, 1.807) is 18.3 Å². The third-order valence-corrected chi connectivity index (χ3v) is 6.44. The van der Waals surface area contributed by atoms with Crippen molar-refractivity contribution in [3.63, 3.8) is 0 Å². The first-order valence-electron chi connectivity index (χ1n) is 10.8. The first kappa shape index (κ1) is 21.6. The monoisotopic (exact) mass is 476 g/mol. The standard InChI is InChI=1S/C26H22Cl2N4O/c27-21-8-9-23(28)20(12-21)16-32-11-10-29-25-24(32)13-19(15-30-25)26(33)31-14-18-6-3-5-17-4-1-2-7-22(17)18/h1-9,12-13,15H,10-11,14,16H2,(H,29,30)(H,31,33). The smallest absolute Gasteiger partial charge is 0.253 e. The zero-order chi connectivity index (χ0) is 22.8. The summed E-state index contributed by atoms with van der Waals surface area (Å²) in [6.07, 6.45) is 1.61. The highest BCUT2D eigenvalue weighted by Crippen LogP contribution is 2.31. The summed E-state index contributed by atoms with van der Waals surface area (Å²) in [4.78, 5) is 19.6. The van der Waals surface area contributed by atoms with E-state index in [1.807, 2.05) is 36.4 Å². The van der Waals surface area contributed by atoms with Crippen molar-refractivity contribution < 1.29 is 4.79 Å². The molecule has 1 aromatic heterocycles. The fourth-order valence-electron chi connectivity index (χ4n) is 4.14. The topological polar surface area (TPSA) is 57.3 Å². The molecule has 1 amide bonds. The Labute approximate surface area is 202 Å². The average Bonchev–Trinajstić information content (AvgIpc) is 2.84. The van der Waals surface area contributed by atoms with E-state index in [9.17, 15) is 4.79 Å². The van der Waals surface area contributed by atoms with E-state index in [-0.39, 0.29) is 5.91 Å². The summed E-state index contributed by atoms with van der Waals surface area (Å²) in [5.74, 6) is 0.592. The zero-order valence-corrected chi connectivity index (χ0v) is 19.3. The van der Waals surface area contributed by atoms with Gasteiger partial charge in [-0.15, -0.1) is 0 Å². The SMILES string of the molecule is O=C(NCc1cccc2ccccc12)c1cnc2c(c1)N(Cc1cc(Cl)ccc1Cl)CCN2. The van der Waals surface area contributed by atoms with E-state index in [1.165, 1.54) is 0 Å². The second-order valence-electron chi connectivity index (χ2n) is 8.00. The van der Waals surface area contributed by atoms with Gasteiger partial charge in [-0.1, -0.05) is 65.7 Å². The van der Waals surface area contributed by atoms with Gasteiger partial charge in [0.25, 0.3) is 5.91 Å². The number of aromatic nitrogens is 1. The van der Waals surface area contributed by atoms with Crippen molar-refractivity contribution in [3.05, 3.63) is 99.7 Å². The molecule has 1 aliphatic rings. The van der Waals surface area contributed by atoms with Gasteiger partial charge in [0.05, 0.1) is 11.3 Å². The minimum absolute atomic E-state index is 0.162. The molecular weight excluding hydrogens is 455 g/mol. The van der Waals surface area contributed by atoms with Gasteiger partial charge in [-0.2, -0.15) is 0 Å². The maximum atomic E-state index is 13.0. The molecule has 2 N–H and O–H groups in total. The lowest BCUT2D eigenvalue weighted by Gasteiger charge is -2.32. The van der Waals surface area contributed by atoms with Crippen LogP contribution < -0.4 is 15.5 Å². The molecule has 0 fully saturated rings. The van der Waals surface area contributed by atoms with Gasteiger partial charge in [-0.05, 0) is 46.2 Å². The van der Waals surface area contributed by atoms with Crippen molar-refractivity contribution in [2.75, 3.05) is 23.3 Å². The van der Waals surface area contributed by atoms with Crippen LogP contribution in [0.25, 0.3) is 10.8 Å². The normalized spacial score (nSPS) is 12.8. The summed E-state index contributed by atoms with van der Waals surface area (Å²) < 4.78 is 0. The van der Waals surface area contributed by atoms with Gasteiger partial charge < -0.3 is 15.5 Å². The molecule has 0 radical (unpaired) electrons. The highest BCUT2D eigenvalue weighted by molar-refractivity contribution is 6.33. The van der Waals surface area contributed by atoms with Crippen LogP contribution in [0.5, 0.6) is 0 Å². The third-order valence-electron chi connectivity index (χ3n) is 5.83. The van der Waals surface area contributed by atoms with Crippen molar-refractivity contribution >= 4 is 51.4 Å². The molecule has 7 heteroatoms. The van der Waals surface area contributed by atoms with Crippen LogP contribution in [-0.4, -0.2) is 24.0 Å². The van der Waals surface area contributed by atoms with Gasteiger partial charge in [-0.25, -0.2) is 4.98 Å². The second-order valence-corrected chi connectivity index (χ2v) is 8.84. The fraction of sp³-hybridized carbons (Fsp3) is 0.154. The predicted molar refractivity (Wildman–Crippen MR) is 135 cm³/mol. The Bertz CT molecular complexity index is 1340. The van der Waals surface area contributed by atoms with E-state index in [0.717, 1.165) is 46.5 Å². The Morgan fingerprint density at radius 3 is 2.79 bits per heavy atom. The molecule has 3 aromatic carbocycles. The number of anilines is 2. The Balaban J connectivity index is 1.36. The van der Waals surface area contributed by atoms with Gasteiger partial charge in [0.15, 0.2) is 0 Å². The maximum Gasteiger partial charge on any atom is 0.253 e. The number of amides is 1. The number of hydrogen-bond acceptors (Lipinski definition) is 4. The molecule has 33 heavy (non-hydrogen) atoms. The van der Waals surface area contributed by atoms with Crippen LogP contribution in [0.15, 0.2) is 72.9 Å². The van der Waals surface area contributed by atoms with E-state index in [0.29, 0.717) is 28.7 Å². The number of rotatable bonds is 5. The summed E-state index contributed by atoms with van der Waals surface area (Å²) in [5.41, 5.74) is 3.39. The number of hydrogen-bond donors (Lipinski definition) is 2. The van der Waals surface area contributed by atoms with Gasteiger partial charge in [0, 0.05) is 42.4 Å². The quantitative estimate of drug-likeness (QED) is 0.376. The number of pyridine rings is 1. The average molecular weight is 477 g/mol. The van der Waals surface area contributed by atoms with Crippen molar-refractivity contribution in [1.82, 2.24) is 10.3 Å². The molecule has 0 atom stereocenters. The molecule has 0 spiro atoms. The highest BCUT2D eigenvalue weighted by Gasteiger charge is 2.21. The number of benzene rings is 3. The largest absolute Gasteiger partial charge is 0.367 e. The Morgan fingerprint density at radius 1 is 1.03 bits per heavy atom. The first-order chi connectivity index (χ1) is 16.1. The Hall–Kier alpha value is -3.28. The highest BCUT2D eigenvalue weighted by atomic mass is 35.5. The number of fused-ring (bicyclic) bond motifs is 2. The van der Waals surface area contributed by atoms with Crippen LogP contribution in [0.3, 0.4) is 0 Å². The molecule has 0 unspecified atom stereocenters. The summed E-state index contributed by atoms with van der Waals surface area (Å²) in [6.45, 7) is 2.54. The van der Waals surface area contributed by atoms with Gasteiger partial charge in [-0.3, -0.25) is 4.79 Å². The van der Waals surface area contributed by atoms with Gasteiger partial charge >= 0.3 is 0 Å². The lowest BCUT2D eigenvalue weighted by Crippen LogP contribution is -2.34. The first-order valence-corrected chi connectivity index (χ1v) is 11.5. The molecule has 5 rings (SSSR count). The van der Waals surface area contributed by atoms with E-state index in [4.69, 9.17) is 23.2 Å². The minimum atomic E-state index is -0.162. The van der Waals surface area contributed by atoms with E-state index >= 15 is 0 Å². The molecule has 0 saturated carbocycles. The zero-order valence-electron chi connectivity index (χ0n) is 17.8. The Kier molecular flexibility index (Phi) is 6.07. The fourth-order valence-corrected chi connectivity index (χ4v) is 4.51. The lowest BCUT2D eigenvalue weighted by molar-refractivity contribution is 0.0951. The summed E-state index contributed by atoms with van der Waals surface area (Å²) in [7, 11) is 0. The lowest BCUT2D eigenvalue weighted by atomic mass is 10.0. The van der Waals surface area contributed by atoms with Crippen molar-refractivity contribution in [3.8, 4) is 0 Å². The van der Waals surface area contributed by atoms with Crippen LogP contribution in [0, 0.1) is 0 Å². The van der Waals surface area contributed by atoms with E-state index in [2.05, 4.69) is 38.7 Å². The molecule has 2 heterocycles. The molecule has 5 nitrogen and oxygen atoms in total. The molecule has 166 valence electrons. The van der Waals surface area contributed by atoms with Crippen molar-refractivity contribution in [2.24, 2.45) is 0 Å². The molecule has 0 saturated heterocycles. The predicted octanol–water partition coefficient (Wildman–Crippen LogP) is 5.90. The second kappa shape index (κ2) is 9.30.